The molecule has 0 radical (unpaired) electrons. The van der Waals surface area contributed by atoms with Crippen molar-refractivity contribution >= 4 is 17.9 Å². The number of hydrogen-bond acceptors (Lipinski definition) is 7. The number of carbonyl (C=O) groups is 3. The number of rotatable bonds is 9. The molecule has 0 N–H and O–H groups in total. The fraction of sp³-hybridized carbons (Fsp3) is 0.222. The fourth-order valence-corrected chi connectivity index (χ4v) is 3.79. The van der Waals surface area contributed by atoms with Gasteiger partial charge in [-0.25, -0.2) is 14.4 Å². The first-order valence-electron chi connectivity index (χ1n) is 10.7. The molecule has 0 spiro atoms. The molecular formula is C27H27NO6. The van der Waals surface area contributed by atoms with E-state index in [2.05, 4.69) is 0 Å². The molecule has 3 aromatic rings. The van der Waals surface area contributed by atoms with Gasteiger partial charge in [0.25, 0.3) is 0 Å². The van der Waals surface area contributed by atoms with Crippen LogP contribution in [0, 0.1) is 0 Å². The van der Waals surface area contributed by atoms with E-state index in [1.807, 2.05) is 41.3 Å². The van der Waals surface area contributed by atoms with Crippen molar-refractivity contribution < 1.29 is 28.6 Å². The van der Waals surface area contributed by atoms with E-state index < -0.39 is 17.9 Å². The number of methoxy groups -OCH3 is 3. The molecule has 0 heterocycles. The molecule has 3 aromatic carbocycles. The van der Waals surface area contributed by atoms with E-state index >= 15 is 0 Å². The quantitative estimate of drug-likeness (QED) is 0.348. The van der Waals surface area contributed by atoms with E-state index in [0.29, 0.717) is 36.3 Å². The lowest BCUT2D eigenvalue weighted by Gasteiger charge is -2.25. The van der Waals surface area contributed by atoms with Crippen LogP contribution >= 0.6 is 0 Å². The van der Waals surface area contributed by atoms with Gasteiger partial charge in [-0.15, -0.1) is 0 Å². The fourth-order valence-electron chi connectivity index (χ4n) is 3.79. The van der Waals surface area contributed by atoms with Crippen LogP contribution in [0.15, 0.2) is 72.8 Å². The van der Waals surface area contributed by atoms with Crippen molar-refractivity contribution in [3.63, 3.8) is 0 Å². The predicted molar refractivity (Wildman–Crippen MR) is 126 cm³/mol. The Hall–Kier alpha value is -3.97. The minimum absolute atomic E-state index is 0.371. The van der Waals surface area contributed by atoms with Gasteiger partial charge in [0.05, 0.1) is 38.0 Å². The number of ether oxygens (including phenoxy) is 3. The Morgan fingerprint density at radius 1 is 0.529 bits per heavy atom. The van der Waals surface area contributed by atoms with Crippen molar-refractivity contribution in [2.24, 2.45) is 0 Å². The molecule has 0 aliphatic heterocycles. The number of carbonyl (C=O) groups excluding carboxylic acids is 3. The molecule has 0 saturated carbocycles. The number of benzene rings is 3. The Labute approximate surface area is 198 Å². The maximum atomic E-state index is 12.3. The van der Waals surface area contributed by atoms with Gasteiger partial charge in [0.2, 0.25) is 0 Å². The van der Waals surface area contributed by atoms with Crippen molar-refractivity contribution in [2.45, 2.75) is 19.6 Å². The molecule has 0 fully saturated rings. The highest BCUT2D eigenvalue weighted by molar-refractivity contribution is 5.92. The van der Waals surface area contributed by atoms with E-state index in [4.69, 9.17) is 14.2 Å². The lowest BCUT2D eigenvalue weighted by atomic mass is 10.0. The van der Waals surface area contributed by atoms with Gasteiger partial charge in [-0.3, -0.25) is 4.90 Å². The standard InChI is InChI=1S/C27H27NO6/c1-32-25(29)22-13-7-4-10-19(22)16-28(17-20-11-5-8-14-23(20)26(30)33-2)18-21-12-6-9-15-24(21)27(31)34-3/h4-15H,16-18H2,1-3H3. The van der Waals surface area contributed by atoms with Crippen LogP contribution in [-0.4, -0.2) is 44.1 Å². The van der Waals surface area contributed by atoms with Gasteiger partial charge in [0, 0.05) is 19.6 Å². The van der Waals surface area contributed by atoms with Crippen LogP contribution < -0.4 is 0 Å². The summed E-state index contributed by atoms with van der Waals surface area (Å²) in [6.45, 7) is 1.11. The van der Waals surface area contributed by atoms with E-state index in [-0.39, 0.29) is 0 Å². The normalized spacial score (nSPS) is 10.6. The van der Waals surface area contributed by atoms with Crippen molar-refractivity contribution in [1.82, 2.24) is 4.90 Å². The molecule has 0 aliphatic rings. The molecular weight excluding hydrogens is 434 g/mol. The molecule has 0 bridgehead atoms. The predicted octanol–water partition coefficient (Wildman–Crippen LogP) is 4.25. The SMILES string of the molecule is COC(=O)c1ccccc1CN(Cc1ccccc1C(=O)OC)Cc1ccccc1C(=O)OC. The van der Waals surface area contributed by atoms with Crippen LogP contribution in [0.2, 0.25) is 0 Å². The molecule has 0 unspecified atom stereocenters. The molecule has 0 atom stereocenters. The third-order valence-corrected chi connectivity index (χ3v) is 5.45. The van der Waals surface area contributed by atoms with Gasteiger partial charge in [-0.1, -0.05) is 54.6 Å². The third-order valence-electron chi connectivity index (χ3n) is 5.45. The van der Waals surface area contributed by atoms with Gasteiger partial charge >= 0.3 is 17.9 Å². The first-order valence-corrected chi connectivity index (χ1v) is 10.7. The monoisotopic (exact) mass is 461 g/mol. The van der Waals surface area contributed by atoms with Crippen molar-refractivity contribution in [3.05, 3.63) is 106 Å². The molecule has 0 aromatic heterocycles. The Morgan fingerprint density at radius 3 is 1.06 bits per heavy atom. The second kappa shape index (κ2) is 11.8. The highest BCUT2D eigenvalue weighted by Gasteiger charge is 2.20. The van der Waals surface area contributed by atoms with Crippen LogP contribution in [0.4, 0.5) is 0 Å². The van der Waals surface area contributed by atoms with E-state index in [1.165, 1.54) is 21.3 Å². The lowest BCUT2D eigenvalue weighted by molar-refractivity contribution is 0.0591. The summed E-state index contributed by atoms with van der Waals surface area (Å²) in [6, 6.07) is 21.6. The smallest absolute Gasteiger partial charge is 0.338 e. The maximum absolute atomic E-state index is 12.3. The van der Waals surface area contributed by atoms with Crippen LogP contribution in [0.1, 0.15) is 47.8 Å². The summed E-state index contributed by atoms with van der Waals surface area (Å²) in [6.07, 6.45) is 0. The van der Waals surface area contributed by atoms with E-state index in [1.54, 1.807) is 36.4 Å². The average Bonchev–Trinajstić information content (AvgIpc) is 2.88. The first kappa shape index (κ1) is 24.7. The zero-order valence-electron chi connectivity index (χ0n) is 19.4. The van der Waals surface area contributed by atoms with E-state index in [0.717, 1.165) is 16.7 Å². The van der Waals surface area contributed by atoms with Crippen LogP contribution in [-0.2, 0) is 33.8 Å². The molecule has 7 heteroatoms. The van der Waals surface area contributed by atoms with Crippen molar-refractivity contribution in [3.8, 4) is 0 Å². The zero-order chi connectivity index (χ0) is 24.5. The number of hydrogen-bond donors (Lipinski definition) is 0. The number of nitrogens with zero attached hydrogens (tertiary/aromatic N) is 1. The lowest BCUT2D eigenvalue weighted by Crippen LogP contribution is -2.26. The second-order valence-electron chi connectivity index (χ2n) is 7.59. The summed E-state index contributed by atoms with van der Waals surface area (Å²) >= 11 is 0. The molecule has 34 heavy (non-hydrogen) atoms. The molecule has 176 valence electrons. The second-order valence-corrected chi connectivity index (χ2v) is 7.59. The summed E-state index contributed by atoms with van der Waals surface area (Å²) in [5.41, 5.74) is 3.66. The van der Waals surface area contributed by atoms with Gasteiger partial charge < -0.3 is 14.2 Å². The Bertz CT molecular complexity index is 1030. The largest absolute Gasteiger partial charge is 0.465 e. The Morgan fingerprint density at radius 2 is 0.794 bits per heavy atom. The highest BCUT2D eigenvalue weighted by atomic mass is 16.5. The summed E-state index contributed by atoms with van der Waals surface area (Å²) in [4.78, 5) is 39.0. The Balaban J connectivity index is 2.02. The van der Waals surface area contributed by atoms with Gasteiger partial charge in [-0.05, 0) is 34.9 Å². The van der Waals surface area contributed by atoms with Crippen LogP contribution in [0.25, 0.3) is 0 Å². The van der Waals surface area contributed by atoms with Crippen LogP contribution in [0.5, 0.6) is 0 Å². The summed E-state index contributed by atoms with van der Waals surface area (Å²) < 4.78 is 14.8. The van der Waals surface area contributed by atoms with Gasteiger partial charge in [-0.2, -0.15) is 0 Å². The molecule has 0 aliphatic carbocycles. The topological polar surface area (TPSA) is 82.1 Å². The molecule has 0 saturated heterocycles. The highest BCUT2D eigenvalue weighted by Crippen LogP contribution is 2.21. The van der Waals surface area contributed by atoms with Crippen molar-refractivity contribution in [2.75, 3.05) is 21.3 Å². The summed E-state index contributed by atoms with van der Waals surface area (Å²) in [5, 5.41) is 0. The Kier molecular flexibility index (Phi) is 8.54. The summed E-state index contributed by atoms with van der Waals surface area (Å²) in [5.74, 6) is -1.29. The molecule has 3 rings (SSSR count). The molecule has 0 amide bonds. The minimum Gasteiger partial charge on any atom is -0.465 e. The number of esters is 3. The zero-order valence-corrected chi connectivity index (χ0v) is 19.4. The first-order chi connectivity index (χ1) is 16.5. The van der Waals surface area contributed by atoms with Gasteiger partial charge in [0.1, 0.15) is 0 Å². The molecule has 7 nitrogen and oxygen atoms in total. The third kappa shape index (κ3) is 5.88. The minimum atomic E-state index is -0.430. The van der Waals surface area contributed by atoms with Gasteiger partial charge in [0.15, 0.2) is 0 Å². The average molecular weight is 462 g/mol. The summed E-state index contributed by atoms with van der Waals surface area (Å²) in [7, 11) is 4.03. The van der Waals surface area contributed by atoms with Crippen molar-refractivity contribution in [1.29, 1.82) is 0 Å². The maximum Gasteiger partial charge on any atom is 0.338 e. The van der Waals surface area contributed by atoms with E-state index in [9.17, 15) is 14.4 Å². The van der Waals surface area contributed by atoms with Crippen LogP contribution in [0.3, 0.4) is 0 Å².